The average Bonchev–Trinajstić information content (AvgIpc) is 2.97. The van der Waals surface area contributed by atoms with Crippen molar-refractivity contribution in [3.05, 3.63) is 23.3 Å². The molecule has 2 fully saturated rings. The van der Waals surface area contributed by atoms with Gasteiger partial charge in [-0.3, -0.25) is 9.59 Å². The maximum absolute atomic E-state index is 12.5. The Morgan fingerprint density at radius 2 is 1.71 bits per heavy atom. The molecule has 0 amide bonds. The van der Waals surface area contributed by atoms with Crippen molar-refractivity contribution in [1.82, 2.24) is 0 Å². The van der Waals surface area contributed by atoms with Crippen LogP contribution in [-0.4, -0.2) is 39.3 Å². The van der Waals surface area contributed by atoms with Gasteiger partial charge in [-0.05, 0) is 71.8 Å². The van der Waals surface area contributed by atoms with E-state index in [1.165, 1.54) is 11.1 Å². The highest BCUT2D eigenvalue weighted by Gasteiger charge is 2.66. The predicted molar refractivity (Wildman–Crippen MR) is 137 cm³/mol. The van der Waals surface area contributed by atoms with Gasteiger partial charge in [-0.15, -0.1) is 0 Å². The molecule has 4 aliphatic carbocycles. The van der Waals surface area contributed by atoms with Crippen molar-refractivity contribution in [1.29, 1.82) is 0 Å². The first kappa shape index (κ1) is 26.6. The molecule has 0 aromatic heterocycles. The highest BCUT2D eigenvalue weighted by molar-refractivity contribution is 5.81. The van der Waals surface area contributed by atoms with Crippen molar-refractivity contribution >= 4 is 11.8 Å². The van der Waals surface area contributed by atoms with Crippen LogP contribution < -0.4 is 0 Å². The lowest BCUT2D eigenvalue weighted by Crippen LogP contribution is -2.54. The summed E-state index contributed by atoms with van der Waals surface area (Å²) in [6.07, 6.45) is 8.09. The Morgan fingerprint density at radius 1 is 1.06 bits per heavy atom. The Bertz CT molecular complexity index is 960. The number of carbonyl (C=O) groups excluding carboxylic acids is 1. The van der Waals surface area contributed by atoms with Gasteiger partial charge < -0.3 is 15.3 Å². The molecule has 35 heavy (non-hydrogen) atoms. The number of hydrogen-bond acceptors (Lipinski definition) is 4. The van der Waals surface area contributed by atoms with Crippen LogP contribution in [-0.2, 0) is 9.59 Å². The summed E-state index contributed by atoms with van der Waals surface area (Å²) in [7, 11) is 0. The minimum absolute atomic E-state index is 0.0317. The number of allylic oxidation sites excluding steroid dienone is 4. The lowest BCUT2D eigenvalue weighted by atomic mass is 9.44. The number of Topliss-reactive ketones (excluding diaryl/α,β-unsaturated/α-hetero) is 1. The van der Waals surface area contributed by atoms with E-state index >= 15 is 0 Å². The van der Waals surface area contributed by atoms with Crippen molar-refractivity contribution in [2.75, 3.05) is 0 Å². The minimum atomic E-state index is -0.904. The number of aliphatic carboxylic acids is 1. The zero-order valence-electron chi connectivity index (χ0n) is 22.7. The van der Waals surface area contributed by atoms with Crippen molar-refractivity contribution in [2.24, 2.45) is 45.3 Å². The summed E-state index contributed by atoms with van der Waals surface area (Å²) in [5.41, 5.74) is 1.72. The topological polar surface area (TPSA) is 94.8 Å². The Balaban J connectivity index is 1.72. The fourth-order valence-corrected chi connectivity index (χ4v) is 8.86. The molecule has 196 valence electrons. The highest BCUT2D eigenvalue weighted by atomic mass is 16.4. The number of rotatable bonds is 6. The molecule has 0 saturated heterocycles. The van der Waals surface area contributed by atoms with Gasteiger partial charge in [-0.1, -0.05) is 60.6 Å². The van der Waals surface area contributed by atoms with Crippen LogP contribution in [0.5, 0.6) is 0 Å². The average molecular weight is 487 g/mol. The van der Waals surface area contributed by atoms with Crippen LogP contribution in [0, 0.1) is 45.3 Å². The summed E-state index contributed by atoms with van der Waals surface area (Å²) in [5, 5.41) is 32.4. The normalized spacial score (nSPS) is 42.9. The molecule has 0 bridgehead atoms. The van der Waals surface area contributed by atoms with Gasteiger partial charge in [0.1, 0.15) is 5.78 Å². The molecule has 0 radical (unpaired) electrons. The molecule has 5 heteroatoms. The number of ketones is 1. The van der Waals surface area contributed by atoms with Crippen LogP contribution >= 0.6 is 0 Å². The number of carboxylic acids is 1. The molecule has 0 aromatic rings. The largest absolute Gasteiger partial charge is 0.481 e. The fraction of sp³-hybridized carbons (Fsp3) is 0.800. The maximum atomic E-state index is 12.5. The Labute approximate surface area is 211 Å². The number of aliphatic hydroxyl groups excluding tert-OH is 2. The van der Waals surface area contributed by atoms with Crippen LogP contribution in [0.1, 0.15) is 93.4 Å². The predicted octanol–water partition coefficient (Wildman–Crippen LogP) is 5.55. The number of carboxylic acid groups (broad SMARTS) is 1. The lowest BCUT2D eigenvalue weighted by Gasteiger charge is -2.61. The fourth-order valence-electron chi connectivity index (χ4n) is 8.86. The highest BCUT2D eigenvalue weighted by Crippen LogP contribution is 2.71. The zero-order chi connectivity index (χ0) is 26.1. The second-order valence-electron chi connectivity index (χ2n) is 13.7. The van der Waals surface area contributed by atoms with E-state index in [9.17, 15) is 24.9 Å². The van der Waals surface area contributed by atoms with Gasteiger partial charge in [-0.25, -0.2) is 0 Å². The van der Waals surface area contributed by atoms with Crippen molar-refractivity contribution in [2.45, 2.75) is 106 Å². The molecular formula is C30H46O5. The third-order valence-corrected chi connectivity index (χ3v) is 11.4. The summed E-state index contributed by atoms with van der Waals surface area (Å²) >= 11 is 0. The molecule has 0 heterocycles. The van der Waals surface area contributed by atoms with Gasteiger partial charge in [-0.2, -0.15) is 0 Å². The van der Waals surface area contributed by atoms with E-state index in [1.54, 1.807) is 0 Å². The maximum Gasteiger partial charge on any atom is 0.306 e. The van der Waals surface area contributed by atoms with Gasteiger partial charge in [0.05, 0.1) is 18.1 Å². The molecule has 5 nitrogen and oxygen atoms in total. The summed E-state index contributed by atoms with van der Waals surface area (Å²) in [5.74, 6) is -1.74. The number of aliphatic hydroxyl groups is 2. The van der Waals surface area contributed by atoms with E-state index in [0.717, 1.165) is 25.7 Å². The minimum Gasteiger partial charge on any atom is -0.481 e. The molecule has 2 saturated carbocycles. The van der Waals surface area contributed by atoms with Gasteiger partial charge in [0.15, 0.2) is 0 Å². The Kier molecular flexibility index (Phi) is 6.50. The van der Waals surface area contributed by atoms with Crippen LogP contribution in [0.3, 0.4) is 0 Å². The molecule has 0 spiro atoms. The van der Waals surface area contributed by atoms with E-state index in [4.69, 9.17) is 0 Å². The Morgan fingerprint density at radius 3 is 2.31 bits per heavy atom. The lowest BCUT2D eigenvalue weighted by molar-refractivity contribution is -0.148. The van der Waals surface area contributed by atoms with Crippen molar-refractivity contribution in [3.63, 3.8) is 0 Å². The summed E-state index contributed by atoms with van der Waals surface area (Å²) in [6, 6.07) is 0. The monoisotopic (exact) mass is 486 g/mol. The third-order valence-electron chi connectivity index (χ3n) is 11.4. The van der Waals surface area contributed by atoms with Gasteiger partial charge >= 0.3 is 5.97 Å². The molecule has 4 aliphatic rings. The van der Waals surface area contributed by atoms with E-state index in [1.807, 2.05) is 13.8 Å². The number of hydrogen-bond donors (Lipinski definition) is 3. The third kappa shape index (κ3) is 3.70. The van der Waals surface area contributed by atoms with Crippen molar-refractivity contribution < 1.29 is 24.9 Å². The van der Waals surface area contributed by atoms with Crippen LogP contribution in [0.2, 0.25) is 0 Å². The van der Waals surface area contributed by atoms with E-state index in [2.05, 4.69) is 46.8 Å². The first-order valence-corrected chi connectivity index (χ1v) is 13.6. The number of carbonyl (C=O) groups is 2. The second kappa shape index (κ2) is 8.55. The quantitative estimate of drug-likeness (QED) is 0.458. The molecule has 0 unspecified atom stereocenters. The first-order chi connectivity index (χ1) is 16.1. The van der Waals surface area contributed by atoms with Crippen LogP contribution in [0.4, 0.5) is 0 Å². The molecular weight excluding hydrogens is 440 g/mol. The SMILES string of the molecule is CC(C)C(=O)CC[C@@H](C(=O)O)[C@H]1[C@H](O)C[C@@]2(C)C3=CC[C@H]4C(C)(C)[C@@H](O)CC[C@]4(C)C3=CC[C@]12C. The van der Waals surface area contributed by atoms with E-state index < -0.39 is 29.3 Å². The summed E-state index contributed by atoms with van der Waals surface area (Å²) in [4.78, 5) is 24.8. The summed E-state index contributed by atoms with van der Waals surface area (Å²) < 4.78 is 0. The van der Waals surface area contributed by atoms with Crippen LogP contribution in [0.15, 0.2) is 23.3 Å². The Hall–Kier alpha value is -1.46. The first-order valence-electron chi connectivity index (χ1n) is 13.6. The van der Waals surface area contributed by atoms with Gasteiger partial charge in [0, 0.05) is 23.7 Å². The summed E-state index contributed by atoms with van der Waals surface area (Å²) in [6.45, 7) is 14.9. The zero-order valence-corrected chi connectivity index (χ0v) is 22.7. The molecule has 3 N–H and O–H groups in total. The molecule has 4 rings (SSSR count). The van der Waals surface area contributed by atoms with Gasteiger partial charge in [0.25, 0.3) is 0 Å². The van der Waals surface area contributed by atoms with Gasteiger partial charge in [0.2, 0.25) is 0 Å². The van der Waals surface area contributed by atoms with E-state index in [-0.39, 0.29) is 46.9 Å². The molecule has 8 atom stereocenters. The number of fused-ring (bicyclic) bond motifs is 5. The molecule has 0 aliphatic heterocycles. The van der Waals surface area contributed by atoms with Crippen molar-refractivity contribution in [3.8, 4) is 0 Å². The second-order valence-corrected chi connectivity index (χ2v) is 13.7. The standard InChI is InChI=1S/C30H46O5/c1-17(2)21(31)10-8-18(26(34)35)25-22(32)16-30(7)20-9-11-23-27(3,4)24(33)13-14-28(23,5)19(20)12-15-29(25,30)6/h9,12,17-18,22-25,32-33H,8,10-11,13-16H2,1-7H3,(H,34,35)/t18-,22-,23+,24+,25+,28-,29-,30+/m1/s1. The van der Waals surface area contributed by atoms with E-state index in [0.29, 0.717) is 12.3 Å². The van der Waals surface area contributed by atoms with Crippen LogP contribution in [0.25, 0.3) is 0 Å². The molecule has 0 aromatic carbocycles. The smallest absolute Gasteiger partial charge is 0.306 e.